The first kappa shape index (κ1) is 25.8. The zero-order valence-corrected chi connectivity index (χ0v) is 20.8. The minimum atomic E-state index is -0.367. The topological polar surface area (TPSA) is 78.7 Å². The maximum absolute atomic E-state index is 13.0. The van der Waals surface area contributed by atoms with Gasteiger partial charge in [0.1, 0.15) is 0 Å². The van der Waals surface area contributed by atoms with Gasteiger partial charge < -0.3 is 16.0 Å². The maximum atomic E-state index is 13.0. The molecule has 3 amide bonds. The summed E-state index contributed by atoms with van der Waals surface area (Å²) < 4.78 is 0. The first-order valence-corrected chi connectivity index (χ1v) is 12.6. The van der Waals surface area contributed by atoms with Gasteiger partial charge in [0.15, 0.2) is 0 Å². The van der Waals surface area contributed by atoms with Crippen molar-refractivity contribution in [2.24, 2.45) is 17.6 Å². The number of likely N-dealkylation sites (tertiary alicyclic amines) is 1. The zero-order chi connectivity index (χ0) is 24.5. The predicted octanol–water partition coefficient (Wildman–Crippen LogP) is 4.42. The lowest BCUT2D eigenvalue weighted by molar-refractivity contribution is -0.123. The molecule has 6 heteroatoms. The van der Waals surface area contributed by atoms with Gasteiger partial charge in [-0.15, -0.1) is 0 Å². The van der Waals surface area contributed by atoms with Crippen molar-refractivity contribution in [2.45, 2.75) is 52.1 Å². The van der Waals surface area contributed by atoms with Crippen LogP contribution < -0.4 is 11.1 Å². The number of carbonyl (C=O) groups is 2. The van der Waals surface area contributed by atoms with Crippen LogP contribution >= 0.6 is 0 Å². The molecule has 0 aliphatic carbocycles. The fraction of sp³-hybridized carbons (Fsp3) is 0.500. The van der Waals surface area contributed by atoms with Crippen LogP contribution in [0.25, 0.3) is 0 Å². The van der Waals surface area contributed by atoms with Gasteiger partial charge >= 0.3 is 6.03 Å². The van der Waals surface area contributed by atoms with Crippen LogP contribution in [0.1, 0.15) is 57.2 Å². The Labute approximate surface area is 204 Å². The van der Waals surface area contributed by atoms with Gasteiger partial charge in [0, 0.05) is 32.1 Å². The first-order chi connectivity index (χ1) is 16.4. The number of piperidine rings is 1. The standard InChI is InChI=1S/C28H40N4O2/c1-4-31(27(23-11-7-5-8-12-23)24-13-9-6-10-14-24)20-25(21(2)3)30-26(33)19-22-15-17-32(18-16-22)28(29)34/h5-14,21-22,25,27H,4,15-20H2,1-3H3,(H2,29,34)(H,30,33)/t25-/m1/s1. The molecule has 0 aromatic heterocycles. The summed E-state index contributed by atoms with van der Waals surface area (Å²) in [6.07, 6.45) is 2.16. The Hall–Kier alpha value is -2.86. The van der Waals surface area contributed by atoms with Crippen molar-refractivity contribution in [3.8, 4) is 0 Å². The Kier molecular flexibility index (Phi) is 9.52. The summed E-state index contributed by atoms with van der Waals surface area (Å²) in [7, 11) is 0. The van der Waals surface area contributed by atoms with Crippen LogP contribution in [-0.4, -0.2) is 54.0 Å². The number of nitrogens with two attached hydrogens (primary N) is 1. The number of likely N-dealkylation sites (N-methyl/N-ethyl adjacent to an activating group) is 1. The highest BCUT2D eigenvalue weighted by Crippen LogP contribution is 2.29. The fourth-order valence-electron chi connectivity index (χ4n) is 4.86. The minimum absolute atomic E-state index is 0.0492. The average Bonchev–Trinajstić information content (AvgIpc) is 2.84. The Morgan fingerprint density at radius 3 is 1.97 bits per heavy atom. The zero-order valence-electron chi connectivity index (χ0n) is 20.8. The van der Waals surface area contributed by atoms with Gasteiger partial charge in [-0.3, -0.25) is 9.69 Å². The van der Waals surface area contributed by atoms with Crippen LogP contribution in [0.4, 0.5) is 4.79 Å². The van der Waals surface area contributed by atoms with Crippen LogP contribution in [0, 0.1) is 11.8 Å². The lowest BCUT2D eigenvalue weighted by Crippen LogP contribution is -2.48. The molecule has 2 aromatic carbocycles. The summed E-state index contributed by atoms with van der Waals surface area (Å²) >= 11 is 0. The number of nitrogens with zero attached hydrogens (tertiary/aromatic N) is 2. The summed E-state index contributed by atoms with van der Waals surface area (Å²) in [4.78, 5) is 28.5. The number of amides is 3. The molecule has 1 atom stereocenters. The van der Waals surface area contributed by atoms with E-state index in [0.29, 0.717) is 31.3 Å². The van der Waals surface area contributed by atoms with E-state index in [-0.39, 0.29) is 24.0 Å². The Morgan fingerprint density at radius 2 is 1.53 bits per heavy atom. The lowest BCUT2D eigenvalue weighted by atomic mass is 9.92. The van der Waals surface area contributed by atoms with Crippen molar-refractivity contribution < 1.29 is 9.59 Å². The maximum Gasteiger partial charge on any atom is 0.314 e. The van der Waals surface area contributed by atoms with Crippen molar-refractivity contribution in [1.82, 2.24) is 15.1 Å². The molecule has 0 radical (unpaired) electrons. The van der Waals surface area contributed by atoms with E-state index in [1.54, 1.807) is 4.90 Å². The number of urea groups is 1. The highest BCUT2D eigenvalue weighted by molar-refractivity contribution is 5.76. The molecule has 34 heavy (non-hydrogen) atoms. The molecule has 0 saturated carbocycles. The lowest BCUT2D eigenvalue weighted by Gasteiger charge is -2.36. The molecule has 0 unspecified atom stereocenters. The molecule has 6 nitrogen and oxygen atoms in total. The molecular weight excluding hydrogens is 424 g/mol. The summed E-state index contributed by atoms with van der Waals surface area (Å²) in [5, 5.41) is 3.33. The van der Waals surface area contributed by atoms with Gasteiger partial charge in [-0.25, -0.2) is 4.79 Å². The SMILES string of the molecule is CCN(C[C@@H](NC(=O)CC1CCN(C(N)=O)CC1)C(C)C)C(c1ccccc1)c1ccccc1. The Balaban J connectivity index is 1.68. The van der Waals surface area contributed by atoms with Gasteiger partial charge in [-0.2, -0.15) is 0 Å². The number of rotatable bonds is 10. The van der Waals surface area contributed by atoms with Gasteiger partial charge in [0.25, 0.3) is 0 Å². The molecule has 1 heterocycles. The Bertz CT molecular complexity index is 856. The number of carbonyl (C=O) groups excluding carboxylic acids is 2. The van der Waals surface area contributed by atoms with Crippen LogP contribution in [0.2, 0.25) is 0 Å². The summed E-state index contributed by atoms with van der Waals surface area (Å²) in [6, 6.07) is 21.0. The van der Waals surface area contributed by atoms with Crippen LogP contribution in [0.15, 0.2) is 60.7 Å². The van der Waals surface area contributed by atoms with Crippen molar-refractivity contribution in [3.63, 3.8) is 0 Å². The molecule has 1 saturated heterocycles. The highest BCUT2D eigenvalue weighted by atomic mass is 16.2. The van der Waals surface area contributed by atoms with E-state index in [0.717, 1.165) is 25.9 Å². The summed E-state index contributed by atoms with van der Waals surface area (Å²) in [5.41, 5.74) is 7.89. The van der Waals surface area contributed by atoms with E-state index in [9.17, 15) is 9.59 Å². The van der Waals surface area contributed by atoms with Crippen LogP contribution in [0.5, 0.6) is 0 Å². The molecule has 3 N–H and O–H groups in total. The van der Waals surface area contributed by atoms with Crippen molar-refractivity contribution in [2.75, 3.05) is 26.2 Å². The fourth-order valence-corrected chi connectivity index (χ4v) is 4.86. The van der Waals surface area contributed by atoms with Crippen LogP contribution in [0.3, 0.4) is 0 Å². The second-order valence-corrected chi connectivity index (χ2v) is 9.70. The largest absolute Gasteiger partial charge is 0.352 e. The summed E-state index contributed by atoms with van der Waals surface area (Å²) in [5.74, 6) is 0.706. The van der Waals surface area contributed by atoms with E-state index in [1.807, 2.05) is 12.1 Å². The van der Waals surface area contributed by atoms with E-state index >= 15 is 0 Å². The Morgan fingerprint density at radius 1 is 1.00 bits per heavy atom. The van der Waals surface area contributed by atoms with E-state index in [4.69, 9.17) is 5.73 Å². The molecule has 3 rings (SSSR count). The quantitative estimate of drug-likeness (QED) is 0.546. The number of hydrogen-bond acceptors (Lipinski definition) is 3. The van der Waals surface area contributed by atoms with E-state index < -0.39 is 0 Å². The monoisotopic (exact) mass is 464 g/mol. The third-order valence-electron chi connectivity index (χ3n) is 6.98. The molecule has 184 valence electrons. The normalized spacial score (nSPS) is 15.6. The molecule has 0 bridgehead atoms. The van der Waals surface area contributed by atoms with Crippen molar-refractivity contribution in [1.29, 1.82) is 0 Å². The molecule has 1 fully saturated rings. The van der Waals surface area contributed by atoms with Crippen molar-refractivity contribution in [3.05, 3.63) is 71.8 Å². The molecule has 1 aliphatic heterocycles. The average molecular weight is 465 g/mol. The van der Waals surface area contributed by atoms with E-state index in [1.165, 1.54) is 11.1 Å². The summed E-state index contributed by atoms with van der Waals surface area (Å²) in [6.45, 7) is 9.45. The number of nitrogens with one attached hydrogen (secondary N) is 1. The van der Waals surface area contributed by atoms with E-state index in [2.05, 4.69) is 79.5 Å². The molecular formula is C28H40N4O2. The predicted molar refractivity (Wildman–Crippen MR) is 137 cm³/mol. The van der Waals surface area contributed by atoms with Crippen molar-refractivity contribution >= 4 is 11.9 Å². The molecule has 1 aliphatic rings. The highest BCUT2D eigenvalue weighted by Gasteiger charge is 2.28. The van der Waals surface area contributed by atoms with Gasteiger partial charge in [-0.05, 0) is 42.3 Å². The third-order valence-corrected chi connectivity index (χ3v) is 6.98. The minimum Gasteiger partial charge on any atom is -0.352 e. The van der Waals surface area contributed by atoms with Gasteiger partial charge in [-0.1, -0.05) is 81.4 Å². The third kappa shape index (κ3) is 7.07. The second kappa shape index (κ2) is 12.6. The number of hydrogen-bond donors (Lipinski definition) is 2. The second-order valence-electron chi connectivity index (χ2n) is 9.70. The number of primary amides is 1. The first-order valence-electron chi connectivity index (χ1n) is 12.6. The van der Waals surface area contributed by atoms with Gasteiger partial charge in [0.2, 0.25) is 5.91 Å². The number of benzene rings is 2. The van der Waals surface area contributed by atoms with Crippen LogP contribution in [-0.2, 0) is 4.79 Å². The molecule has 0 spiro atoms. The molecule has 2 aromatic rings. The van der Waals surface area contributed by atoms with Gasteiger partial charge in [0.05, 0.1) is 6.04 Å². The smallest absolute Gasteiger partial charge is 0.314 e.